The van der Waals surface area contributed by atoms with Gasteiger partial charge in [-0.05, 0) is 43.5 Å². The fourth-order valence-electron chi connectivity index (χ4n) is 3.06. The van der Waals surface area contributed by atoms with Gasteiger partial charge in [-0.2, -0.15) is 4.98 Å². The largest absolute Gasteiger partial charge is 0.497 e. The van der Waals surface area contributed by atoms with Crippen LogP contribution in [0, 0.1) is 6.92 Å². The first-order valence-corrected chi connectivity index (χ1v) is 8.26. The lowest BCUT2D eigenvalue weighted by Crippen LogP contribution is -1.95. The minimum Gasteiger partial charge on any atom is -0.497 e. The van der Waals surface area contributed by atoms with Crippen molar-refractivity contribution in [2.45, 2.75) is 19.8 Å². The van der Waals surface area contributed by atoms with Gasteiger partial charge in [0.15, 0.2) is 5.58 Å². The van der Waals surface area contributed by atoms with E-state index in [0.717, 1.165) is 46.7 Å². The molecule has 0 saturated carbocycles. The smallest absolute Gasteiger partial charge is 0.295 e. The Hall–Kier alpha value is -3.02. The first kappa shape index (κ1) is 15.5. The van der Waals surface area contributed by atoms with E-state index in [1.54, 1.807) is 14.2 Å². The summed E-state index contributed by atoms with van der Waals surface area (Å²) in [6, 6.07) is 10.6. The standard InChI is InChI=1S/C19H20N4O2/c1-12-15(21-18-11-14(24-3)8-9-23(12)18)6-4-13-5-7-17-16(10-13)22-19(20-2)25-17/h5,7-11H,4,6H2,1-3H3,(H,20,22). The molecule has 0 aliphatic heterocycles. The number of nitrogens with zero attached hydrogens (tertiary/aromatic N) is 3. The van der Waals surface area contributed by atoms with Crippen LogP contribution in [0.5, 0.6) is 5.75 Å². The van der Waals surface area contributed by atoms with Gasteiger partial charge in [0.2, 0.25) is 0 Å². The van der Waals surface area contributed by atoms with Crippen LogP contribution >= 0.6 is 0 Å². The highest BCUT2D eigenvalue weighted by Crippen LogP contribution is 2.22. The summed E-state index contributed by atoms with van der Waals surface area (Å²) in [4.78, 5) is 9.16. The molecule has 0 aliphatic rings. The fourth-order valence-corrected chi connectivity index (χ4v) is 3.06. The number of ether oxygens (including phenoxy) is 1. The number of anilines is 1. The van der Waals surface area contributed by atoms with E-state index in [9.17, 15) is 0 Å². The van der Waals surface area contributed by atoms with E-state index in [-0.39, 0.29) is 0 Å². The number of hydrogen-bond donors (Lipinski definition) is 1. The van der Waals surface area contributed by atoms with Crippen LogP contribution in [0.1, 0.15) is 17.0 Å². The summed E-state index contributed by atoms with van der Waals surface area (Å²) in [5, 5.41) is 2.92. The normalized spacial score (nSPS) is 11.3. The number of benzene rings is 1. The molecule has 3 heterocycles. The number of hydrogen-bond acceptors (Lipinski definition) is 5. The molecule has 6 heteroatoms. The summed E-state index contributed by atoms with van der Waals surface area (Å²) in [6.45, 7) is 2.10. The summed E-state index contributed by atoms with van der Waals surface area (Å²) in [5.41, 5.74) is 6.07. The first-order chi connectivity index (χ1) is 12.2. The van der Waals surface area contributed by atoms with Crippen molar-refractivity contribution in [2.75, 3.05) is 19.5 Å². The van der Waals surface area contributed by atoms with Crippen molar-refractivity contribution in [2.24, 2.45) is 0 Å². The van der Waals surface area contributed by atoms with Crippen molar-refractivity contribution >= 4 is 22.8 Å². The van der Waals surface area contributed by atoms with Gasteiger partial charge in [0, 0.05) is 25.0 Å². The molecule has 1 aromatic carbocycles. The third kappa shape index (κ3) is 2.80. The van der Waals surface area contributed by atoms with Gasteiger partial charge in [-0.15, -0.1) is 0 Å². The number of methoxy groups -OCH3 is 1. The molecular weight excluding hydrogens is 316 g/mol. The lowest BCUT2D eigenvalue weighted by atomic mass is 10.1. The quantitative estimate of drug-likeness (QED) is 0.603. The zero-order chi connectivity index (χ0) is 17.4. The zero-order valence-electron chi connectivity index (χ0n) is 14.5. The van der Waals surface area contributed by atoms with Crippen LogP contribution in [-0.4, -0.2) is 28.5 Å². The van der Waals surface area contributed by atoms with Crippen LogP contribution in [0.15, 0.2) is 40.9 Å². The molecule has 25 heavy (non-hydrogen) atoms. The molecule has 0 saturated heterocycles. The monoisotopic (exact) mass is 336 g/mol. The van der Waals surface area contributed by atoms with Crippen LogP contribution in [0.3, 0.4) is 0 Å². The summed E-state index contributed by atoms with van der Waals surface area (Å²) < 4.78 is 12.9. The van der Waals surface area contributed by atoms with Crippen molar-refractivity contribution in [1.82, 2.24) is 14.4 Å². The molecule has 0 fully saturated rings. The Balaban J connectivity index is 1.58. The number of oxazole rings is 1. The molecule has 0 amide bonds. The summed E-state index contributed by atoms with van der Waals surface area (Å²) >= 11 is 0. The average molecular weight is 336 g/mol. The van der Waals surface area contributed by atoms with Crippen molar-refractivity contribution < 1.29 is 9.15 Å². The Bertz CT molecular complexity index is 1050. The minimum absolute atomic E-state index is 0.539. The predicted octanol–water partition coefficient (Wildman–Crippen LogP) is 3.62. The summed E-state index contributed by atoms with van der Waals surface area (Å²) in [6.07, 6.45) is 3.78. The van der Waals surface area contributed by atoms with Gasteiger partial charge in [0.25, 0.3) is 6.01 Å². The number of pyridine rings is 1. The van der Waals surface area contributed by atoms with E-state index in [1.165, 1.54) is 5.56 Å². The molecule has 4 aromatic rings. The number of aryl methyl sites for hydroxylation is 3. The van der Waals surface area contributed by atoms with Crippen LogP contribution < -0.4 is 10.1 Å². The third-order valence-electron chi connectivity index (χ3n) is 4.49. The van der Waals surface area contributed by atoms with Crippen LogP contribution in [0.4, 0.5) is 6.01 Å². The van der Waals surface area contributed by atoms with Gasteiger partial charge >= 0.3 is 0 Å². The Morgan fingerprint density at radius 3 is 2.84 bits per heavy atom. The van der Waals surface area contributed by atoms with Crippen LogP contribution in [-0.2, 0) is 12.8 Å². The number of imidazole rings is 1. The highest BCUT2D eigenvalue weighted by Gasteiger charge is 2.10. The lowest BCUT2D eigenvalue weighted by Gasteiger charge is -2.01. The van der Waals surface area contributed by atoms with Gasteiger partial charge < -0.3 is 18.9 Å². The molecule has 6 nitrogen and oxygen atoms in total. The molecule has 1 N–H and O–H groups in total. The second kappa shape index (κ2) is 6.12. The number of rotatable bonds is 5. The van der Waals surface area contributed by atoms with Gasteiger partial charge in [0.05, 0.1) is 12.8 Å². The molecule has 0 radical (unpaired) electrons. The predicted molar refractivity (Wildman–Crippen MR) is 97.4 cm³/mol. The number of fused-ring (bicyclic) bond motifs is 2. The highest BCUT2D eigenvalue weighted by atomic mass is 16.5. The second-order valence-electron chi connectivity index (χ2n) is 6.01. The van der Waals surface area contributed by atoms with Gasteiger partial charge in [-0.3, -0.25) is 0 Å². The van der Waals surface area contributed by atoms with Gasteiger partial charge in [0.1, 0.15) is 16.9 Å². The fraction of sp³-hybridized carbons (Fsp3) is 0.263. The van der Waals surface area contributed by atoms with Crippen LogP contribution in [0.2, 0.25) is 0 Å². The zero-order valence-corrected chi connectivity index (χ0v) is 14.5. The molecule has 0 aliphatic carbocycles. The molecule has 0 unspecified atom stereocenters. The van der Waals surface area contributed by atoms with Crippen molar-refractivity contribution in [3.05, 3.63) is 53.5 Å². The minimum atomic E-state index is 0.539. The number of aromatic nitrogens is 3. The van der Waals surface area contributed by atoms with E-state index < -0.39 is 0 Å². The highest BCUT2D eigenvalue weighted by molar-refractivity contribution is 5.75. The molecule has 0 bridgehead atoms. The van der Waals surface area contributed by atoms with Crippen molar-refractivity contribution in [3.8, 4) is 5.75 Å². The number of nitrogens with one attached hydrogen (secondary N) is 1. The lowest BCUT2D eigenvalue weighted by molar-refractivity contribution is 0.414. The Morgan fingerprint density at radius 2 is 2.04 bits per heavy atom. The molecular formula is C19H20N4O2. The Labute approximate surface area is 145 Å². The third-order valence-corrected chi connectivity index (χ3v) is 4.49. The van der Waals surface area contributed by atoms with Gasteiger partial charge in [-0.1, -0.05) is 6.07 Å². The topological polar surface area (TPSA) is 64.6 Å². The molecule has 0 atom stereocenters. The first-order valence-electron chi connectivity index (χ1n) is 8.26. The second-order valence-corrected chi connectivity index (χ2v) is 6.01. The van der Waals surface area contributed by atoms with Gasteiger partial charge in [-0.25, -0.2) is 4.98 Å². The Kier molecular flexibility index (Phi) is 3.80. The maximum absolute atomic E-state index is 5.57. The molecule has 128 valence electrons. The van der Waals surface area contributed by atoms with E-state index in [0.29, 0.717) is 6.01 Å². The van der Waals surface area contributed by atoms with Crippen LogP contribution in [0.25, 0.3) is 16.7 Å². The van der Waals surface area contributed by atoms with E-state index >= 15 is 0 Å². The molecule has 0 spiro atoms. The maximum atomic E-state index is 5.57. The molecule has 3 aromatic heterocycles. The SMILES string of the molecule is CNc1nc2cc(CCc3nc4cc(OC)ccn4c3C)ccc2o1. The average Bonchev–Trinajstić information content (AvgIpc) is 3.19. The molecule has 4 rings (SSSR count). The Morgan fingerprint density at radius 1 is 1.16 bits per heavy atom. The van der Waals surface area contributed by atoms with E-state index in [1.807, 2.05) is 24.4 Å². The van der Waals surface area contributed by atoms with Crippen molar-refractivity contribution in [1.29, 1.82) is 0 Å². The maximum Gasteiger partial charge on any atom is 0.295 e. The van der Waals surface area contributed by atoms with Crippen molar-refractivity contribution in [3.63, 3.8) is 0 Å². The van der Waals surface area contributed by atoms with E-state index in [4.69, 9.17) is 14.1 Å². The van der Waals surface area contributed by atoms with E-state index in [2.05, 4.69) is 33.8 Å². The summed E-state index contributed by atoms with van der Waals surface area (Å²) in [5.74, 6) is 0.820. The summed E-state index contributed by atoms with van der Waals surface area (Å²) in [7, 11) is 3.47.